The first kappa shape index (κ1) is 15.8. The first-order valence-electron chi connectivity index (χ1n) is 5.66. The second-order valence-electron chi connectivity index (χ2n) is 4.27. The summed E-state index contributed by atoms with van der Waals surface area (Å²) in [5, 5.41) is 0.603. The molecule has 6 heteroatoms. The van der Waals surface area contributed by atoms with Crippen LogP contribution in [0.4, 0.5) is 0 Å². The zero-order valence-electron chi connectivity index (χ0n) is 10.4. The van der Waals surface area contributed by atoms with Gasteiger partial charge in [0.25, 0.3) is 0 Å². The van der Waals surface area contributed by atoms with Crippen LogP contribution in [0.2, 0.25) is 5.02 Å². The number of hydrogen-bond acceptors (Lipinski definition) is 2. The minimum absolute atomic E-state index is 0.0483. The lowest BCUT2D eigenvalue weighted by molar-refractivity contribution is 0.349. The average molecular weight is 310 g/mol. The lowest BCUT2D eigenvalue weighted by atomic mass is 10.2. The highest BCUT2D eigenvalue weighted by Crippen LogP contribution is 2.17. The Morgan fingerprint density at radius 3 is 2.50 bits per heavy atom. The van der Waals surface area contributed by atoms with E-state index in [-0.39, 0.29) is 17.7 Å². The molecule has 0 saturated carbocycles. The fraction of sp³-hybridized carbons (Fsp3) is 0.500. The minimum Gasteiger partial charge on any atom is -0.212 e. The van der Waals surface area contributed by atoms with E-state index in [1.807, 2.05) is 26.0 Å². The maximum absolute atomic E-state index is 12.1. The van der Waals surface area contributed by atoms with E-state index in [1.54, 1.807) is 12.1 Å². The number of alkyl halides is 1. The molecule has 0 aromatic heterocycles. The summed E-state index contributed by atoms with van der Waals surface area (Å²) in [6.07, 6.45) is 0. The molecule has 0 spiro atoms. The predicted octanol–water partition coefficient (Wildman–Crippen LogP) is 3.12. The van der Waals surface area contributed by atoms with Gasteiger partial charge in [-0.05, 0) is 31.5 Å². The Bertz CT molecular complexity index is 489. The van der Waals surface area contributed by atoms with Gasteiger partial charge in [-0.3, -0.25) is 0 Å². The number of nitrogens with zero attached hydrogens (tertiary/aromatic N) is 1. The SMILES string of the molecule is CC(C)N(Cc1cccc(Cl)c1)S(=O)(=O)CCCl. The first-order valence-corrected chi connectivity index (χ1v) is 8.19. The molecule has 0 unspecified atom stereocenters. The Labute approximate surface area is 119 Å². The Balaban J connectivity index is 2.95. The van der Waals surface area contributed by atoms with Gasteiger partial charge in [-0.25, -0.2) is 8.42 Å². The third-order valence-corrected chi connectivity index (χ3v) is 5.13. The number of sulfonamides is 1. The molecule has 0 fully saturated rings. The second kappa shape index (κ2) is 6.75. The van der Waals surface area contributed by atoms with E-state index in [4.69, 9.17) is 23.2 Å². The van der Waals surface area contributed by atoms with Crippen LogP contribution in [-0.2, 0) is 16.6 Å². The van der Waals surface area contributed by atoms with Gasteiger partial charge < -0.3 is 0 Å². The smallest absolute Gasteiger partial charge is 0.212 e. The van der Waals surface area contributed by atoms with E-state index >= 15 is 0 Å². The third-order valence-electron chi connectivity index (χ3n) is 2.50. The highest BCUT2D eigenvalue weighted by molar-refractivity contribution is 7.89. The van der Waals surface area contributed by atoms with Crippen molar-refractivity contribution < 1.29 is 8.42 Å². The summed E-state index contributed by atoms with van der Waals surface area (Å²) in [7, 11) is -3.32. The Kier molecular flexibility index (Phi) is 5.92. The van der Waals surface area contributed by atoms with Crippen molar-refractivity contribution in [2.24, 2.45) is 0 Å². The summed E-state index contributed by atoms with van der Waals surface area (Å²) in [4.78, 5) is 0. The Hall–Kier alpha value is -0.290. The maximum atomic E-state index is 12.1. The van der Waals surface area contributed by atoms with E-state index in [2.05, 4.69) is 0 Å². The lowest BCUT2D eigenvalue weighted by Crippen LogP contribution is -2.38. The van der Waals surface area contributed by atoms with Gasteiger partial charge in [0.1, 0.15) is 0 Å². The molecule has 0 aliphatic carbocycles. The quantitative estimate of drug-likeness (QED) is 0.757. The topological polar surface area (TPSA) is 37.4 Å². The van der Waals surface area contributed by atoms with Crippen molar-refractivity contribution in [1.29, 1.82) is 0 Å². The van der Waals surface area contributed by atoms with E-state index < -0.39 is 10.0 Å². The number of hydrogen-bond donors (Lipinski definition) is 0. The largest absolute Gasteiger partial charge is 0.215 e. The van der Waals surface area contributed by atoms with Gasteiger partial charge in [-0.15, -0.1) is 11.6 Å². The van der Waals surface area contributed by atoms with Gasteiger partial charge in [0.15, 0.2) is 0 Å². The molecule has 1 rings (SSSR count). The second-order valence-corrected chi connectivity index (χ2v) is 7.13. The van der Waals surface area contributed by atoms with Gasteiger partial charge in [0, 0.05) is 23.5 Å². The van der Waals surface area contributed by atoms with Crippen LogP contribution in [0.15, 0.2) is 24.3 Å². The van der Waals surface area contributed by atoms with Crippen LogP contribution >= 0.6 is 23.2 Å². The summed E-state index contributed by atoms with van der Waals surface area (Å²) >= 11 is 11.4. The Morgan fingerprint density at radius 1 is 1.33 bits per heavy atom. The van der Waals surface area contributed by atoms with E-state index in [0.717, 1.165) is 5.56 Å². The molecule has 0 saturated heterocycles. The Morgan fingerprint density at radius 2 is 2.00 bits per heavy atom. The molecule has 1 aromatic carbocycles. The maximum Gasteiger partial charge on any atom is 0.215 e. The molecule has 0 N–H and O–H groups in total. The van der Waals surface area contributed by atoms with Gasteiger partial charge in [0.05, 0.1) is 5.75 Å². The molecule has 18 heavy (non-hydrogen) atoms. The van der Waals surface area contributed by atoms with Crippen LogP contribution < -0.4 is 0 Å². The van der Waals surface area contributed by atoms with E-state index in [1.165, 1.54) is 4.31 Å². The molecular formula is C12H17Cl2NO2S. The standard InChI is InChI=1S/C12H17Cl2NO2S/c1-10(2)15(18(16,17)7-6-13)9-11-4-3-5-12(14)8-11/h3-5,8,10H,6-7,9H2,1-2H3. The van der Waals surface area contributed by atoms with Crippen molar-refractivity contribution >= 4 is 33.2 Å². The molecule has 0 aliphatic rings. The highest BCUT2D eigenvalue weighted by atomic mass is 35.5. The van der Waals surface area contributed by atoms with Crippen LogP contribution in [-0.4, -0.2) is 30.4 Å². The van der Waals surface area contributed by atoms with Gasteiger partial charge in [0.2, 0.25) is 10.0 Å². The summed E-state index contributed by atoms with van der Waals surface area (Å²) in [5.74, 6) is 0.0500. The van der Waals surface area contributed by atoms with Crippen LogP contribution in [0, 0.1) is 0 Å². The molecule has 102 valence electrons. The molecule has 1 aromatic rings. The van der Waals surface area contributed by atoms with Crippen LogP contribution in [0.5, 0.6) is 0 Å². The van der Waals surface area contributed by atoms with Crippen LogP contribution in [0.3, 0.4) is 0 Å². The van der Waals surface area contributed by atoms with E-state index in [0.29, 0.717) is 11.6 Å². The van der Waals surface area contributed by atoms with E-state index in [9.17, 15) is 8.42 Å². The predicted molar refractivity (Wildman–Crippen MR) is 76.6 cm³/mol. The van der Waals surface area contributed by atoms with Crippen molar-refractivity contribution in [3.63, 3.8) is 0 Å². The molecule has 0 amide bonds. The molecular weight excluding hydrogens is 293 g/mol. The zero-order valence-corrected chi connectivity index (χ0v) is 12.8. The molecule has 0 bridgehead atoms. The average Bonchev–Trinajstić information content (AvgIpc) is 2.25. The van der Waals surface area contributed by atoms with Crippen molar-refractivity contribution in [3.05, 3.63) is 34.9 Å². The van der Waals surface area contributed by atoms with Crippen LogP contribution in [0.1, 0.15) is 19.4 Å². The number of halogens is 2. The zero-order chi connectivity index (χ0) is 13.8. The van der Waals surface area contributed by atoms with Crippen molar-refractivity contribution in [3.8, 4) is 0 Å². The normalized spacial score (nSPS) is 12.3. The molecule has 0 radical (unpaired) electrons. The lowest BCUT2D eigenvalue weighted by Gasteiger charge is -2.25. The third kappa shape index (κ3) is 4.43. The summed E-state index contributed by atoms with van der Waals surface area (Å²) in [5.41, 5.74) is 0.870. The molecule has 0 atom stereocenters. The van der Waals surface area contributed by atoms with Crippen molar-refractivity contribution in [2.45, 2.75) is 26.4 Å². The molecule has 0 heterocycles. The van der Waals surface area contributed by atoms with Crippen molar-refractivity contribution in [2.75, 3.05) is 11.6 Å². The number of rotatable bonds is 6. The summed E-state index contributed by atoms with van der Waals surface area (Å²) in [6.45, 7) is 4.00. The monoisotopic (exact) mass is 309 g/mol. The highest BCUT2D eigenvalue weighted by Gasteiger charge is 2.24. The van der Waals surface area contributed by atoms with Crippen LogP contribution in [0.25, 0.3) is 0 Å². The first-order chi connectivity index (χ1) is 8.36. The summed E-state index contributed by atoms with van der Waals surface area (Å²) < 4.78 is 25.6. The molecule has 0 aliphatic heterocycles. The van der Waals surface area contributed by atoms with Gasteiger partial charge in [-0.1, -0.05) is 23.7 Å². The summed E-state index contributed by atoms with van der Waals surface area (Å²) in [6, 6.07) is 7.09. The number of benzene rings is 1. The van der Waals surface area contributed by atoms with Gasteiger partial charge in [-0.2, -0.15) is 4.31 Å². The minimum atomic E-state index is -3.32. The van der Waals surface area contributed by atoms with Gasteiger partial charge >= 0.3 is 0 Å². The molecule has 3 nitrogen and oxygen atoms in total. The van der Waals surface area contributed by atoms with Crippen molar-refractivity contribution in [1.82, 2.24) is 4.31 Å². The fourth-order valence-electron chi connectivity index (χ4n) is 1.63. The fourth-order valence-corrected chi connectivity index (χ4v) is 3.85.